The van der Waals surface area contributed by atoms with Gasteiger partial charge in [-0.05, 0) is 31.2 Å². The van der Waals surface area contributed by atoms with Crippen LogP contribution in [0.1, 0.15) is 27.6 Å². The van der Waals surface area contributed by atoms with Crippen LogP contribution in [0.15, 0.2) is 59.5 Å². The maximum absolute atomic E-state index is 13.2. The Hall–Kier alpha value is -2.39. The molecule has 2 amide bonds. The second-order valence-corrected chi connectivity index (χ2v) is 8.35. The van der Waals surface area contributed by atoms with E-state index < -0.39 is 52.4 Å². The van der Waals surface area contributed by atoms with Gasteiger partial charge in [0, 0.05) is 4.90 Å². The number of aliphatic hydroxyl groups excluding tert-OH is 2. The van der Waals surface area contributed by atoms with Crippen LogP contribution in [-0.2, 0) is 15.5 Å². The predicted octanol–water partition coefficient (Wildman–Crippen LogP) is 0.926. The Balaban J connectivity index is 1.77. The predicted molar refractivity (Wildman–Crippen MR) is 99.9 cm³/mol. The number of aliphatic hydroxyl groups is 2. The van der Waals surface area contributed by atoms with Gasteiger partial charge in [0.25, 0.3) is 11.8 Å². The molecule has 1 saturated heterocycles. The lowest BCUT2D eigenvalue weighted by Gasteiger charge is -2.44. The molecule has 6 unspecified atom stereocenters. The van der Waals surface area contributed by atoms with Gasteiger partial charge in [-0.15, -0.1) is 0 Å². The summed E-state index contributed by atoms with van der Waals surface area (Å²) in [7, 11) is -1.79. The summed E-state index contributed by atoms with van der Waals surface area (Å²) < 4.78 is 18.9. The first-order valence-electron chi connectivity index (χ1n) is 8.86. The van der Waals surface area contributed by atoms with Crippen molar-refractivity contribution < 1.29 is 28.7 Å². The Morgan fingerprint density at radius 3 is 2.00 bits per heavy atom. The van der Waals surface area contributed by atoms with E-state index in [1.54, 1.807) is 49.4 Å². The number of fused-ring (bicyclic) bond motifs is 1. The van der Waals surface area contributed by atoms with Crippen molar-refractivity contribution in [2.75, 3.05) is 0 Å². The Bertz CT molecular complexity index is 914. The molecule has 0 spiro atoms. The molecule has 2 aromatic rings. The maximum atomic E-state index is 13.2. The monoisotopic (exact) mass is 401 g/mol. The van der Waals surface area contributed by atoms with Crippen molar-refractivity contribution in [3.05, 3.63) is 65.7 Å². The molecule has 1 fully saturated rings. The van der Waals surface area contributed by atoms with E-state index >= 15 is 0 Å². The van der Waals surface area contributed by atoms with Gasteiger partial charge in [0.2, 0.25) is 0 Å². The lowest BCUT2D eigenvalue weighted by atomic mass is 9.97. The average Bonchev–Trinajstić information content (AvgIpc) is 2.97. The Morgan fingerprint density at radius 2 is 1.43 bits per heavy atom. The molecule has 146 valence electrons. The first kappa shape index (κ1) is 18.9. The molecule has 0 bridgehead atoms. The highest BCUT2D eigenvalue weighted by Crippen LogP contribution is 2.34. The lowest BCUT2D eigenvalue weighted by molar-refractivity contribution is -0.166. The van der Waals surface area contributed by atoms with Crippen molar-refractivity contribution in [1.82, 2.24) is 4.90 Å². The number of hydrogen-bond acceptors (Lipinski definition) is 6. The molecule has 6 atom stereocenters. The maximum Gasteiger partial charge on any atom is 0.262 e. The fourth-order valence-corrected chi connectivity index (χ4v) is 5.14. The Morgan fingerprint density at radius 1 is 0.893 bits per heavy atom. The summed E-state index contributed by atoms with van der Waals surface area (Å²) in [6.07, 6.45) is -3.65. The van der Waals surface area contributed by atoms with Gasteiger partial charge in [-0.1, -0.05) is 30.3 Å². The zero-order valence-electron chi connectivity index (χ0n) is 15.0. The number of ether oxygens (including phenoxy) is 1. The summed E-state index contributed by atoms with van der Waals surface area (Å²) in [6, 6.07) is 13.5. The number of amides is 2. The zero-order valence-corrected chi connectivity index (χ0v) is 15.8. The van der Waals surface area contributed by atoms with Crippen molar-refractivity contribution in [1.29, 1.82) is 0 Å². The SMILES string of the molecule is CC1OC(S(=O)c2ccccc2)C(N2C(=O)c3ccccc3C2=O)C(O)C1O. The van der Waals surface area contributed by atoms with E-state index in [1.807, 2.05) is 0 Å². The minimum atomic E-state index is -1.79. The molecular weight excluding hydrogens is 382 g/mol. The molecular formula is C20H19NO6S. The highest BCUT2D eigenvalue weighted by molar-refractivity contribution is 7.85. The van der Waals surface area contributed by atoms with Gasteiger partial charge in [0.1, 0.15) is 18.2 Å². The van der Waals surface area contributed by atoms with Crippen molar-refractivity contribution in [2.45, 2.75) is 41.6 Å². The van der Waals surface area contributed by atoms with Crippen LogP contribution in [-0.4, -0.2) is 60.9 Å². The highest BCUT2D eigenvalue weighted by atomic mass is 32.2. The molecule has 0 aromatic heterocycles. The summed E-state index contributed by atoms with van der Waals surface area (Å²) in [6.45, 7) is 1.54. The van der Waals surface area contributed by atoms with E-state index in [4.69, 9.17) is 4.74 Å². The molecule has 8 heteroatoms. The first-order valence-corrected chi connectivity index (χ1v) is 10.1. The van der Waals surface area contributed by atoms with Crippen LogP contribution in [0.2, 0.25) is 0 Å². The minimum Gasteiger partial charge on any atom is -0.388 e. The molecule has 2 N–H and O–H groups in total. The number of nitrogens with zero attached hydrogens (tertiary/aromatic N) is 1. The van der Waals surface area contributed by atoms with E-state index in [0.29, 0.717) is 4.90 Å². The standard InChI is InChI=1S/C20H19NO6S/c1-11-16(22)17(23)15(20(27-11)28(26)12-7-3-2-4-8-12)21-18(24)13-9-5-6-10-14(13)19(21)25/h2-11,15-17,20,22-23H,1H3. The van der Waals surface area contributed by atoms with Crippen molar-refractivity contribution in [2.24, 2.45) is 0 Å². The Labute approximate surface area is 164 Å². The van der Waals surface area contributed by atoms with Crippen LogP contribution in [0.5, 0.6) is 0 Å². The van der Waals surface area contributed by atoms with Gasteiger partial charge in [-0.25, -0.2) is 0 Å². The molecule has 2 aliphatic heterocycles. The Kier molecular flexibility index (Phi) is 4.88. The van der Waals surface area contributed by atoms with Crippen molar-refractivity contribution >= 4 is 22.6 Å². The molecule has 28 heavy (non-hydrogen) atoms. The number of hydrogen-bond donors (Lipinski definition) is 2. The molecule has 0 radical (unpaired) electrons. The van der Waals surface area contributed by atoms with Crippen LogP contribution in [0.3, 0.4) is 0 Å². The van der Waals surface area contributed by atoms with Gasteiger partial charge in [0.05, 0.1) is 28.0 Å². The molecule has 2 aliphatic rings. The molecule has 7 nitrogen and oxygen atoms in total. The summed E-state index contributed by atoms with van der Waals surface area (Å²) in [5.41, 5.74) is -0.771. The highest BCUT2D eigenvalue weighted by Gasteiger charge is 2.53. The van der Waals surface area contributed by atoms with Crippen LogP contribution < -0.4 is 0 Å². The molecule has 2 heterocycles. The normalized spacial score (nSPS) is 31.0. The van der Waals surface area contributed by atoms with Crippen LogP contribution in [0, 0.1) is 0 Å². The molecule has 0 saturated carbocycles. The van der Waals surface area contributed by atoms with Crippen LogP contribution in [0.4, 0.5) is 0 Å². The van der Waals surface area contributed by atoms with Gasteiger partial charge >= 0.3 is 0 Å². The van der Waals surface area contributed by atoms with E-state index in [1.165, 1.54) is 12.1 Å². The number of benzene rings is 2. The summed E-state index contributed by atoms with van der Waals surface area (Å²) in [4.78, 5) is 27.1. The van der Waals surface area contributed by atoms with Gasteiger partial charge in [0.15, 0.2) is 5.44 Å². The van der Waals surface area contributed by atoms with Crippen LogP contribution in [0.25, 0.3) is 0 Å². The third-order valence-electron chi connectivity index (χ3n) is 5.12. The molecule has 4 rings (SSSR count). The number of carbonyl (C=O) groups is 2. The van der Waals surface area contributed by atoms with E-state index in [9.17, 15) is 24.0 Å². The summed E-state index contributed by atoms with van der Waals surface area (Å²) >= 11 is 0. The third kappa shape index (κ3) is 2.89. The van der Waals surface area contributed by atoms with Gasteiger partial charge in [-0.2, -0.15) is 0 Å². The molecule has 2 aromatic carbocycles. The quantitative estimate of drug-likeness (QED) is 0.742. The second-order valence-electron chi connectivity index (χ2n) is 6.82. The fourth-order valence-electron chi connectivity index (χ4n) is 3.63. The smallest absolute Gasteiger partial charge is 0.262 e. The van der Waals surface area contributed by atoms with Crippen molar-refractivity contribution in [3.8, 4) is 0 Å². The van der Waals surface area contributed by atoms with Gasteiger partial charge in [-0.3, -0.25) is 18.7 Å². The van der Waals surface area contributed by atoms with Crippen molar-refractivity contribution in [3.63, 3.8) is 0 Å². The van der Waals surface area contributed by atoms with E-state index in [-0.39, 0.29) is 11.1 Å². The minimum absolute atomic E-state index is 0.206. The third-order valence-corrected chi connectivity index (χ3v) is 6.67. The molecule has 0 aliphatic carbocycles. The number of carbonyl (C=O) groups excluding carboxylic acids is 2. The largest absolute Gasteiger partial charge is 0.388 e. The van der Waals surface area contributed by atoms with Crippen LogP contribution >= 0.6 is 0 Å². The zero-order chi connectivity index (χ0) is 20.0. The van der Waals surface area contributed by atoms with Gasteiger partial charge < -0.3 is 14.9 Å². The lowest BCUT2D eigenvalue weighted by Crippen LogP contribution is -2.65. The number of imide groups is 1. The topological polar surface area (TPSA) is 104 Å². The summed E-state index contributed by atoms with van der Waals surface area (Å²) in [5, 5.41) is 21.1. The average molecular weight is 401 g/mol. The van der Waals surface area contributed by atoms with E-state index in [0.717, 1.165) is 4.90 Å². The first-order chi connectivity index (χ1) is 13.4. The summed E-state index contributed by atoms with van der Waals surface area (Å²) in [5.74, 6) is -1.21. The van der Waals surface area contributed by atoms with E-state index in [2.05, 4.69) is 0 Å². The number of rotatable bonds is 3. The fraction of sp³-hybridized carbons (Fsp3) is 0.300. The second kappa shape index (κ2) is 7.21.